The molecule has 0 saturated carbocycles. The van der Waals surface area contributed by atoms with Crippen molar-refractivity contribution in [1.82, 2.24) is 5.32 Å². The van der Waals surface area contributed by atoms with Gasteiger partial charge in [0.15, 0.2) is 18.1 Å². The van der Waals surface area contributed by atoms with E-state index in [2.05, 4.69) is 5.32 Å². The summed E-state index contributed by atoms with van der Waals surface area (Å²) in [7, 11) is 0. The molecule has 0 radical (unpaired) electrons. The van der Waals surface area contributed by atoms with Gasteiger partial charge in [-0.05, 0) is 49.4 Å². The molecule has 7 nitrogen and oxygen atoms in total. The summed E-state index contributed by atoms with van der Waals surface area (Å²) in [5.41, 5.74) is 0.675. The van der Waals surface area contributed by atoms with Gasteiger partial charge in [-0.2, -0.15) is 0 Å². The molecule has 0 bridgehead atoms. The van der Waals surface area contributed by atoms with Gasteiger partial charge in [0.05, 0.1) is 18.1 Å². The van der Waals surface area contributed by atoms with Crippen LogP contribution in [0.2, 0.25) is 0 Å². The number of rotatable bonds is 7. The first-order valence-electron chi connectivity index (χ1n) is 7.33. The van der Waals surface area contributed by atoms with Crippen LogP contribution in [-0.4, -0.2) is 36.9 Å². The van der Waals surface area contributed by atoms with Crippen LogP contribution in [0, 0.1) is 0 Å². The van der Waals surface area contributed by atoms with E-state index in [9.17, 15) is 14.4 Å². The zero-order valence-corrected chi connectivity index (χ0v) is 14.1. The minimum absolute atomic E-state index is 0.221. The lowest BCUT2D eigenvalue weighted by Gasteiger charge is -2.12. The maximum atomic E-state index is 11.6. The van der Waals surface area contributed by atoms with Crippen molar-refractivity contribution in [2.45, 2.75) is 13.8 Å². The minimum atomic E-state index is -0.469. The molecule has 1 aromatic rings. The molecule has 0 aliphatic carbocycles. The number of ether oxygens (including phenoxy) is 3. The predicted octanol–water partition coefficient (Wildman–Crippen LogP) is 2.35. The van der Waals surface area contributed by atoms with Gasteiger partial charge in [-0.25, -0.2) is 4.79 Å². The van der Waals surface area contributed by atoms with E-state index < -0.39 is 17.1 Å². The van der Waals surface area contributed by atoms with Gasteiger partial charge in [0.1, 0.15) is 0 Å². The minimum Gasteiger partial charge on any atom is -0.490 e. The number of esters is 1. The predicted molar refractivity (Wildman–Crippen MR) is 88.8 cm³/mol. The molecule has 2 rings (SSSR count). The van der Waals surface area contributed by atoms with Gasteiger partial charge in [0, 0.05) is 0 Å². The van der Waals surface area contributed by atoms with Crippen molar-refractivity contribution in [2.75, 3.05) is 19.8 Å². The number of carbonyl (C=O) groups excluding carboxylic acids is 3. The third-order valence-electron chi connectivity index (χ3n) is 2.86. The Hall–Kier alpha value is -2.48. The van der Waals surface area contributed by atoms with Crippen molar-refractivity contribution >= 4 is 35.0 Å². The standard InChI is InChI=1S/C16H17NO6S/c1-3-21-12-7-10(8-13-15(19)17-16(20)24-13)5-6-11(12)23-9-14(18)22-4-2/h5-8H,3-4,9H2,1-2H3,(H,17,19,20)/b13-8-. The van der Waals surface area contributed by atoms with Crippen molar-refractivity contribution in [3.8, 4) is 11.5 Å². The van der Waals surface area contributed by atoms with Crippen LogP contribution in [0.25, 0.3) is 6.08 Å². The molecular formula is C16H17NO6S. The zero-order valence-electron chi connectivity index (χ0n) is 13.3. The third-order valence-corrected chi connectivity index (χ3v) is 3.67. The molecule has 8 heteroatoms. The molecule has 1 fully saturated rings. The quantitative estimate of drug-likeness (QED) is 0.595. The Bertz CT molecular complexity index is 685. The van der Waals surface area contributed by atoms with Crippen molar-refractivity contribution in [3.05, 3.63) is 28.7 Å². The van der Waals surface area contributed by atoms with Crippen LogP contribution in [0.15, 0.2) is 23.1 Å². The van der Waals surface area contributed by atoms with Crippen molar-refractivity contribution in [2.24, 2.45) is 0 Å². The Labute approximate surface area is 143 Å². The number of carbonyl (C=O) groups is 3. The number of imide groups is 1. The molecule has 24 heavy (non-hydrogen) atoms. The summed E-state index contributed by atoms with van der Waals surface area (Å²) in [5.74, 6) is -0.0631. The van der Waals surface area contributed by atoms with E-state index in [4.69, 9.17) is 14.2 Å². The maximum absolute atomic E-state index is 11.6. The van der Waals surface area contributed by atoms with Crippen molar-refractivity contribution < 1.29 is 28.6 Å². The molecule has 0 spiro atoms. The summed E-state index contributed by atoms with van der Waals surface area (Å²) in [6, 6.07) is 5.01. The molecular weight excluding hydrogens is 334 g/mol. The summed E-state index contributed by atoms with van der Waals surface area (Å²) in [5, 5.41) is 1.79. The van der Waals surface area contributed by atoms with E-state index in [-0.39, 0.29) is 13.2 Å². The van der Waals surface area contributed by atoms with Gasteiger partial charge in [-0.3, -0.25) is 14.9 Å². The molecule has 1 N–H and O–H groups in total. The third kappa shape index (κ3) is 4.76. The summed E-state index contributed by atoms with van der Waals surface area (Å²) in [4.78, 5) is 34.4. The smallest absolute Gasteiger partial charge is 0.344 e. The summed E-state index contributed by atoms with van der Waals surface area (Å²) >= 11 is 0.840. The molecule has 0 aromatic heterocycles. The van der Waals surface area contributed by atoms with E-state index in [0.717, 1.165) is 11.8 Å². The van der Waals surface area contributed by atoms with Gasteiger partial charge < -0.3 is 14.2 Å². The van der Waals surface area contributed by atoms with E-state index in [0.29, 0.717) is 28.6 Å². The highest BCUT2D eigenvalue weighted by Crippen LogP contribution is 2.31. The first kappa shape index (κ1) is 17.9. The lowest BCUT2D eigenvalue weighted by molar-refractivity contribution is -0.145. The molecule has 1 heterocycles. The van der Waals surface area contributed by atoms with Crippen LogP contribution < -0.4 is 14.8 Å². The van der Waals surface area contributed by atoms with Crippen molar-refractivity contribution in [1.29, 1.82) is 0 Å². The van der Waals surface area contributed by atoms with Crippen LogP contribution in [0.3, 0.4) is 0 Å². The Balaban J connectivity index is 2.16. The van der Waals surface area contributed by atoms with Gasteiger partial charge in [-0.1, -0.05) is 6.07 Å². The number of thioether (sulfide) groups is 1. The molecule has 1 saturated heterocycles. The molecule has 1 aromatic carbocycles. The van der Waals surface area contributed by atoms with Crippen LogP contribution in [0.4, 0.5) is 4.79 Å². The highest BCUT2D eigenvalue weighted by Gasteiger charge is 2.25. The van der Waals surface area contributed by atoms with Crippen LogP contribution in [0.5, 0.6) is 11.5 Å². The van der Waals surface area contributed by atoms with Crippen LogP contribution >= 0.6 is 11.8 Å². The number of benzene rings is 1. The highest BCUT2D eigenvalue weighted by atomic mass is 32.2. The fourth-order valence-electron chi connectivity index (χ4n) is 1.91. The largest absolute Gasteiger partial charge is 0.490 e. The number of amides is 2. The average molecular weight is 351 g/mol. The van der Waals surface area contributed by atoms with Gasteiger partial charge >= 0.3 is 5.97 Å². The lowest BCUT2D eigenvalue weighted by atomic mass is 10.2. The van der Waals surface area contributed by atoms with E-state index in [1.807, 2.05) is 6.92 Å². The second kappa shape index (κ2) is 8.39. The summed E-state index contributed by atoms with van der Waals surface area (Å²) in [6.07, 6.45) is 1.59. The average Bonchev–Trinajstić information content (AvgIpc) is 2.85. The molecule has 1 aliphatic heterocycles. The number of nitrogens with one attached hydrogen (secondary N) is 1. The lowest BCUT2D eigenvalue weighted by Crippen LogP contribution is -2.17. The van der Waals surface area contributed by atoms with Gasteiger partial charge in [0.25, 0.3) is 11.1 Å². The second-order valence-corrected chi connectivity index (χ2v) is 5.60. The Morgan fingerprint density at radius 2 is 1.96 bits per heavy atom. The monoisotopic (exact) mass is 351 g/mol. The summed E-state index contributed by atoms with van der Waals surface area (Å²) in [6.45, 7) is 4.00. The molecule has 1 aliphatic rings. The molecule has 2 amide bonds. The molecule has 0 atom stereocenters. The fourth-order valence-corrected chi connectivity index (χ4v) is 2.60. The van der Waals surface area contributed by atoms with E-state index >= 15 is 0 Å². The van der Waals surface area contributed by atoms with E-state index in [1.165, 1.54) is 0 Å². The van der Waals surface area contributed by atoms with E-state index in [1.54, 1.807) is 31.2 Å². The number of hydrogen-bond donors (Lipinski definition) is 1. The maximum Gasteiger partial charge on any atom is 0.344 e. The normalized spacial score (nSPS) is 15.3. The molecule has 0 unspecified atom stereocenters. The molecule has 128 valence electrons. The van der Waals surface area contributed by atoms with Gasteiger partial charge in [0.2, 0.25) is 0 Å². The zero-order chi connectivity index (χ0) is 17.5. The fraction of sp³-hybridized carbons (Fsp3) is 0.312. The highest BCUT2D eigenvalue weighted by molar-refractivity contribution is 8.18. The first-order valence-corrected chi connectivity index (χ1v) is 8.15. The van der Waals surface area contributed by atoms with Crippen LogP contribution in [-0.2, 0) is 14.3 Å². The van der Waals surface area contributed by atoms with Crippen molar-refractivity contribution in [3.63, 3.8) is 0 Å². The Morgan fingerprint density at radius 1 is 1.17 bits per heavy atom. The Morgan fingerprint density at radius 3 is 2.58 bits per heavy atom. The number of hydrogen-bond acceptors (Lipinski definition) is 7. The summed E-state index contributed by atoms with van der Waals surface area (Å²) < 4.78 is 15.7. The van der Waals surface area contributed by atoms with Gasteiger partial charge in [-0.15, -0.1) is 0 Å². The topological polar surface area (TPSA) is 90.9 Å². The SMILES string of the molecule is CCOC(=O)COc1ccc(/C=C2\SC(=O)NC2=O)cc1OCC. The van der Waals surface area contributed by atoms with Crippen LogP contribution in [0.1, 0.15) is 19.4 Å². The first-order chi connectivity index (χ1) is 11.5. The Kier molecular flexibility index (Phi) is 6.25. The second-order valence-electron chi connectivity index (χ2n) is 4.59.